The number of rotatable bonds is 7. The number of para-hydroxylation sites is 2. The third-order valence-corrected chi connectivity index (χ3v) is 4.49. The zero-order valence-corrected chi connectivity index (χ0v) is 16.9. The second-order valence-electron chi connectivity index (χ2n) is 6.95. The minimum absolute atomic E-state index is 0.145. The van der Waals surface area contributed by atoms with Crippen molar-refractivity contribution in [3.8, 4) is 5.75 Å². The Bertz CT molecular complexity index is 927. The molecule has 6 nitrogen and oxygen atoms in total. The summed E-state index contributed by atoms with van der Waals surface area (Å²) in [5.41, 5.74) is 3.72. The molecular formula is C23H26N4O2. The summed E-state index contributed by atoms with van der Waals surface area (Å²) in [6.07, 6.45) is 3.52. The maximum atomic E-state index is 12.4. The van der Waals surface area contributed by atoms with Crippen LogP contribution in [0.5, 0.6) is 5.75 Å². The smallest absolute Gasteiger partial charge is 0.319 e. The van der Waals surface area contributed by atoms with Gasteiger partial charge in [0.05, 0.1) is 17.4 Å². The molecule has 2 aromatic carbocycles. The second-order valence-corrected chi connectivity index (χ2v) is 6.95. The molecule has 0 spiro atoms. The Morgan fingerprint density at radius 3 is 2.52 bits per heavy atom. The molecule has 0 aliphatic carbocycles. The SMILES string of the molecule is CC(NC(=O)Nc1ccccc1N(C)C)c1ccc(OCc2cccnc2)cc1. The van der Waals surface area contributed by atoms with Crippen LogP contribution in [0.25, 0.3) is 0 Å². The van der Waals surface area contributed by atoms with Crippen LogP contribution in [0, 0.1) is 0 Å². The van der Waals surface area contributed by atoms with Gasteiger partial charge in [0, 0.05) is 32.1 Å². The second kappa shape index (κ2) is 9.59. The Hall–Kier alpha value is -3.54. The van der Waals surface area contributed by atoms with E-state index in [1.54, 1.807) is 12.4 Å². The van der Waals surface area contributed by atoms with E-state index in [-0.39, 0.29) is 12.1 Å². The number of hydrogen-bond donors (Lipinski definition) is 2. The molecule has 1 atom stereocenters. The lowest BCUT2D eigenvalue weighted by Gasteiger charge is -2.20. The van der Waals surface area contributed by atoms with Crippen molar-refractivity contribution in [3.63, 3.8) is 0 Å². The number of carbonyl (C=O) groups excluding carboxylic acids is 1. The molecule has 0 radical (unpaired) electrons. The molecule has 29 heavy (non-hydrogen) atoms. The normalized spacial score (nSPS) is 11.4. The molecule has 0 fully saturated rings. The van der Waals surface area contributed by atoms with Crippen molar-refractivity contribution >= 4 is 17.4 Å². The first-order valence-corrected chi connectivity index (χ1v) is 9.48. The third-order valence-electron chi connectivity index (χ3n) is 4.49. The molecule has 1 heterocycles. The number of anilines is 2. The predicted octanol–water partition coefficient (Wildman–Crippen LogP) is 4.61. The van der Waals surface area contributed by atoms with Crippen molar-refractivity contribution in [1.82, 2.24) is 10.3 Å². The number of hydrogen-bond acceptors (Lipinski definition) is 4. The molecule has 0 aliphatic heterocycles. The van der Waals surface area contributed by atoms with Gasteiger partial charge in [-0.3, -0.25) is 4.98 Å². The van der Waals surface area contributed by atoms with Gasteiger partial charge in [0.1, 0.15) is 12.4 Å². The minimum Gasteiger partial charge on any atom is -0.489 e. The third kappa shape index (κ3) is 5.72. The van der Waals surface area contributed by atoms with Crippen LogP contribution in [0.2, 0.25) is 0 Å². The van der Waals surface area contributed by atoms with Crippen LogP contribution in [0.4, 0.5) is 16.2 Å². The lowest BCUT2D eigenvalue weighted by Crippen LogP contribution is -2.31. The average Bonchev–Trinajstić information content (AvgIpc) is 2.73. The molecule has 150 valence electrons. The minimum atomic E-state index is -0.247. The summed E-state index contributed by atoms with van der Waals surface area (Å²) in [6.45, 7) is 2.41. The molecule has 0 saturated heterocycles. The van der Waals surface area contributed by atoms with E-state index in [0.29, 0.717) is 6.61 Å². The van der Waals surface area contributed by atoms with Crippen LogP contribution in [-0.2, 0) is 6.61 Å². The number of aromatic nitrogens is 1. The molecule has 2 amide bonds. The van der Waals surface area contributed by atoms with Gasteiger partial charge < -0.3 is 20.3 Å². The van der Waals surface area contributed by atoms with E-state index in [0.717, 1.165) is 28.3 Å². The fourth-order valence-corrected chi connectivity index (χ4v) is 2.91. The number of urea groups is 1. The van der Waals surface area contributed by atoms with Crippen molar-refractivity contribution < 1.29 is 9.53 Å². The Morgan fingerprint density at radius 1 is 1.07 bits per heavy atom. The van der Waals surface area contributed by atoms with Gasteiger partial charge in [0.15, 0.2) is 0 Å². The highest BCUT2D eigenvalue weighted by Crippen LogP contribution is 2.24. The molecule has 1 aromatic heterocycles. The molecular weight excluding hydrogens is 364 g/mol. The fourth-order valence-electron chi connectivity index (χ4n) is 2.91. The Labute approximate surface area is 171 Å². The van der Waals surface area contributed by atoms with Gasteiger partial charge >= 0.3 is 6.03 Å². The number of benzene rings is 2. The van der Waals surface area contributed by atoms with Crippen molar-refractivity contribution in [1.29, 1.82) is 0 Å². The molecule has 6 heteroatoms. The molecule has 0 saturated carbocycles. The Kier molecular flexibility index (Phi) is 6.68. The van der Waals surface area contributed by atoms with Crippen LogP contribution in [0.15, 0.2) is 73.1 Å². The Morgan fingerprint density at radius 2 is 1.83 bits per heavy atom. The lowest BCUT2D eigenvalue weighted by molar-refractivity contribution is 0.249. The summed E-state index contributed by atoms with van der Waals surface area (Å²) in [4.78, 5) is 18.5. The van der Waals surface area contributed by atoms with Crippen molar-refractivity contribution in [3.05, 3.63) is 84.2 Å². The van der Waals surface area contributed by atoms with E-state index >= 15 is 0 Å². The van der Waals surface area contributed by atoms with Gasteiger partial charge in [-0.2, -0.15) is 0 Å². The summed E-state index contributed by atoms with van der Waals surface area (Å²) in [6, 6.07) is 18.9. The van der Waals surface area contributed by atoms with E-state index in [9.17, 15) is 4.79 Å². The zero-order chi connectivity index (χ0) is 20.6. The first-order valence-electron chi connectivity index (χ1n) is 9.48. The monoisotopic (exact) mass is 390 g/mol. The van der Waals surface area contributed by atoms with Crippen molar-refractivity contribution in [2.75, 3.05) is 24.3 Å². The fraction of sp³-hybridized carbons (Fsp3) is 0.217. The molecule has 2 N–H and O–H groups in total. The van der Waals surface area contributed by atoms with Gasteiger partial charge in [-0.1, -0.05) is 30.3 Å². The summed E-state index contributed by atoms with van der Waals surface area (Å²) < 4.78 is 5.78. The number of carbonyl (C=O) groups is 1. The van der Waals surface area contributed by atoms with Crippen LogP contribution in [-0.4, -0.2) is 25.1 Å². The van der Waals surface area contributed by atoms with Gasteiger partial charge in [0.2, 0.25) is 0 Å². The van der Waals surface area contributed by atoms with E-state index in [1.165, 1.54) is 0 Å². The van der Waals surface area contributed by atoms with Crippen molar-refractivity contribution in [2.24, 2.45) is 0 Å². The highest BCUT2D eigenvalue weighted by Gasteiger charge is 2.12. The Balaban J connectivity index is 1.55. The van der Waals surface area contributed by atoms with E-state index in [4.69, 9.17) is 4.74 Å². The molecule has 0 aliphatic rings. The van der Waals surface area contributed by atoms with Crippen LogP contribution < -0.4 is 20.3 Å². The quantitative estimate of drug-likeness (QED) is 0.618. The summed E-state index contributed by atoms with van der Waals surface area (Å²) in [5.74, 6) is 0.772. The average molecular weight is 390 g/mol. The van der Waals surface area contributed by atoms with Gasteiger partial charge in [0.25, 0.3) is 0 Å². The van der Waals surface area contributed by atoms with Crippen LogP contribution in [0.1, 0.15) is 24.1 Å². The van der Waals surface area contributed by atoms with Gasteiger partial charge in [-0.15, -0.1) is 0 Å². The topological polar surface area (TPSA) is 66.5 Å². The largest absolute Gasteiger partial charge is 0.489 e. The van der Waals surface area contributed by atoms with Gasteiger partial charge in [-0.05, 0) is 42.8 Å². The van der Waals surface area contributed by atoms with Crippen LogP contribution in [0.3, 0.4) is 0 Å². The number of pyridine rings is 1. The summed E-state index contributed by atoms with van der Waals surface area (Å²) >= 11 is 0. The molecule has 1 unspecified atom stereocenters. The van der Waals surface area contributed by atoms with E-state index < -0.39 is 0 Å². The molecule has 0 bridgehead atoms. The van der Waals surface area contributed by atoms with E-state index in [1.807, 2.05) is 86.6 Å². The predicted molar refractivity (Wildman–Crippen MR) is 116 cm³/mol. The number of amides is 2. The molecule has 3 rings (SSSR count). The maximum absolute atomic E-state index is 12.4. The number of nitrogens with zero attached hydrogens (tertiary/aromatic N) is 2. The first-order chi connectivity index (χ1) is 14.0. The first kappa shape index (κ1) is 20.2. The lowest BCUT2D eigenvalue weighted by atomic mass is 10.1. The summed E-state index contributed by atoms with van der Waals surface area (Å²) in [5, 5.41) is 5.89. The van der Waals surface area contributed by atoms with E-state index in [2.05, 4.69) is 15.6 Å². The maximum Gasteiger partial charge on any atom is 0.319 e. The highest BCUT2D eigenvalue weighted by atomic mass is 16.5. The molecule has 3 aromatic rings. The highest BCUT2D eigenvalue weighted by molar-refractivity contribution is 5.93. The van der Waals surface area contributed by atoms with Crippen molar-refractivity contribution in [2.45, 2.75) is 19.6 Å². The number of ether oxygens (including phenoxy) is 1. The number of nitrogens with one attached hydrogen (secondary N) is 2. The standard InChI is InChI=1S/C23H26N4O2/c1-17(25-23(28)26-21-8-4-5-9-22(21)27(2)3)19-10-12-20(13-11-19)29-16-18-7-6-14-24-15-18/h4-15,17H,16H2,1-3H3,(H2,25,26,28). The zero-order valence-electron chi connectivity index (χ0n) is 16.9. The summed E-state index contributed by atoms with van der Waals surface area (Å²) in [7, 11) is 3.89. The van der Waals surface area contributed by atoms with Gasteiger partial charge in [-0.25, -0.2) is 4.79 Å². The van der Waals surface area contributed by atoms with Crippen LogP contribution >= 0.6 is 0 Å².